The van der Waals surface area contributed by atoms with Crippen molar-refractivity contribution in [1.82, 2.24) is 15.6 Å². The fraction of sp³-hybridized carbons (Fsp3) is 0.706. The minimum Gasteiger partial charge on any atom is -0.462 e. The van der Waals surface area contributed by atoms with Gasteiger partial charge < -0.3 is 15.4 Å². The van der Waals surface area contributed by atoms with Crippen LogP contribution in [0, 0.1) is 0 Å². The molecule has 160 valence electrons. The SMILES string of the molecule is CN=C(NCCCC(=O)OC1CCCC1)NCCc1nc(C(F)(F)F)cs1.I. The van der Waals surface area contributed by atoms with Crippen molar-refractivity contribution in [2.75, 3.05) is 20.1 Å². The third-order valence-electron chi connectivity index (χ3n) is 4.15. The molecule has 28 heavy (non-hydrogen) atoms. The number of hydrogen-bond acceptors (Lipinski definition) is 5. The van der Waals surface area contributed by atoms with Gasteiger partial charge in [0.05, 0.1) is 5.01 Å². The Kier molecular flexibility index (Phi) is 11.1. The number of ether oxygens (including phenoxy) is 1. The van der Waals surface area contributed by atoms with Crippen LogP contribution in [-0.2, 0) is 22.1 Å². The highest BCUT2D eigenvalue weighted by molar-refractivity contribution is 14.0. The van der Waals surface area contributed by atoms with E-state index >= 15 is 0 Å². The number of carbonyl (C=O) groups excluding carboxylic acids is 1. The van der Waals surface area contributed by atoms with Gasteiger partial charge in [-0.3, -0.25) is 9.79 Å². The third kappa shape index (κ3) is 8.93. The molecule has 1 heterocycles. The number of guanidine groups is 1. The lowest BCUT2D eigenvalue weighted by atomic mass is 10.3. The quantitative estimate of drug-likeness (QED) is 0.175. The molecule has 0 spiro atoms. The summed E-state index contributed by atoms with van der Waals surface area (Å²) >= 11 is 0.990. The Labute approximate surface area is 183 Å². The van der Waals surface area contributed by atoms with E-state index in [1.54, 1.807) is 7.05 Å². The number of thiazole rings is 1. The summed E-state index contributed by atoms with van der Waals surface area (Å²) < 4.78 is 42.9. The van der Waals surface area contributed by atoms with Crippen LogP contribution in [0.15, 0.2) is 10.4 Å². The van der Waals surface area contributed by atoms with Crippen molar-refractivity contribution >= 4 is 47.2 Å². The molecule has 1 saturated carbocycles. The number of nitrogens with zero attached hydrogens (tertiary/aromatic N) is 2. The molecule has 6 nitrogen and oxygen atoms in total. The molecule has 1 aromatic rings. The van der Waals surface area contributed by atoms with Crippen LogP contribution in [-0.4, -0.2) is 43.2 Å². The summed E-state index contributed by atoms with van der Waals surface area (Å²) in [4.78, 5) is 19.4. The highest BCUT2D eigenvalue weighted by atomic mass is 127. The van der Waals surface area contributed by atoms with Crippen molar-refractivity contribution in [3.63, 3.8) is 0 Å². The van der Waals surface area contributed by atoms with E-state index in [0.717, 1.165) is 42.4 Å². The zero-order chi connectivity index (χ0) is 19.7. The van der Waals surface area contributed by atoms with E-state index < -0.39 is 11.9 Å². The van der Waals surface area contributed by atoms with Crippen LogP contribution in [0.2, 0.25) is 0 Å². The normalized spacial score (nSPS) is 15.2. The van der Waals surface area contributed by atoms with Gasteiger partial charge in [-0.25, -0.2) is 4.98 Å². The van der Waals surface area contributed by atoms with Crippen LogP contribution in [0.3, 0.4) is 0 Å². The first-order chi connectivity index (χ1) is 12.9. The van der Waals surface area contributed by atoms with Crippen molar-refractivity contribution in [2.45, 2.75) is 57.2 Å². The molecular weight excluding hydrogens is 508 g/mol. The average molecular weight is 534 g/mol. The lowest BCUT2D eigenvalue weighted by molar-refractivity contribution is -0.148. The Balaban J connectivity index is 0.00000392. The lowest BCUT2D eigenvalue weighted by Gasteiger charge is -2.13. The summed E-state index contributed by atoms with van der Waals surface area (Å²) in [6.07, 6.45) is 1.19. The Bertz CT molecular complexity index is 634. The van der Waals surface area contributed by atoms with Crippen LogP contribution >= 0.6 is 35.3 Å². The van der Waals surface area contributed by atoms with Gasteiger partial charge in [0, 0.05) is 38.4 Å². The first-order valence-corrected chi connectivity index (χ1v) is 9.92. The van der Waals surface area contributed by atoms with Crippen LogP contribution < -0.4 is 10.6 Å². The van der Waals surface area contributed by atoms with Gasteiger partial charge in [0.15, 0.2) is 11.7 Å². The van der Waals surface area contributed by atoms with Crippen molar-refractivity contribution < 1.29 is 22.7 Å². The van der Waals surface area contributed by atoms with E-state index in [-0.39, 0.29) is 36.0 Å². The van der Waals surface area contributed by atoms with E-state index in [9.17, 15) is 18.0 Å². The van der Waals surface area contributed by atoms with Gasteiger partial charge in [-0.15, -0.1) is 35.3 Å². The molecule has 1 fully saturated rings. The fourth-order valence-electron chi connectivity index (χ4n) is 2.75. The minimum absolute atomic E-state index is 0. The zero-order valence-electron chi connectivity index (χ0n) is 15.7. The molecule has 1 aliphatic carbocycles. The third-order valence-corrected chi connectivity index (χ3v) is 5.06. The fourth-order valence-corrected chi connectivity index (χ4v) is 3.56. The first-order valence-electron chi connectivity index (χ1n) is 9.04. The van der Waals surface area contributed by atoms with Crippen molar-refractivity contribution in [2.24, 2.45) is 4.99 Å². The molecule has 0 amide bonds. The molecule has 11 heteroatoms. The number of aliphatic imine (C=N–C) groups is 1. The maximum atomic E-state index is 12.5. The number of halogens is 4. The summed E-state index contributed by atoms with van der Waals surface area (Å²) in [5, 5.41) is 7.53. The van der Waals surface area contributed by atoms with Gasteiger partial charge in [0.2, 0.25) is 0 Å². The van der Waals surface area contributed by atoms with Gasteiger partial charge in [0.25, 0.3) is 0 Å². The van der Waals surface area contributed by atoms with Crippen LogP contribution in [0.5, 0.6) is 0 Å². The summed E-state index contributed by atoms with van der Waals surface area (Å²) in [5.41, 5.74) is -0.852. The molecule has 0 saturated heterocycles. The second kappa shape index (κ2) is 12.5. The molecule has 0 radical (unpaired) electrons. The van der Waals surface area contributed by atoms with Crippen LogP contribution in [0.25, 0.3) is 0 Å². The standard InChI is InChI=1S/C17H25F3N4O2S.HI/c1-21-16(22-9-4-7-15(25)26-12-5-2-3-6-12)23-10-8-14-24-13(11-27-14)17(18,19)20;/h11-12H,2-10H2,1H3,(H2,21,22,23);1H. The summed E-state index contributed by atoms with van der Waals surface area (Å²) in [7, 11) is 1.61. The van der Waals surface area contributed by atoms with Crippen molar-refractivity contribution in [3.8, 4) is 0 Å². The van der Waals surface area contributed by atoms with Gasteiger partial charge in [-0.1, -0.05) is 0 Å². The largest absolute Gasteiger partial charge is 0.462 e. The summed E-state index contributed by atoms with van der Waals surface area (Å²) in [6.45, 7) is 0.961. The highest BCUT2D eigenvalue weighted by Gasteiger charge is 2.33. The van der Waals surface area contributed by atoms with Crippen LogP contribution in [0.4, 0.5) is 13.2 Å². The van der Waals surface area contributed by atoms with Crippen molar-refractivity contribution in [1.29, 1.82) is 0 Å². The van der Waals surface area contributed by atoms with E-state index in [2.05, 4.69) is 20.6 Å². The number of rotatable bonds is 8. The molecule has 1 aliphatic rings. The molecule has 0 atom stereocenters. The Morgan fingerprint density at radius 1 is 1.32 bits per heavy atom. The molecule has 0 aromatic carbocycles. The molecule has 0 unspecified atom stereocenters. The monoisotopic (exact) mass is 534 g/mol. The summed E-state index contributed by atoms with van der Waals surface area (Å²) in [5.74, 6) is 0.364. The maximum absolute atomic E-state index is 12.5. The number of carbonyl (C=O) groups is 1. The van der Waals surface area contributed by atoms with Gasteiger partial charge in [0.1, 0.15) is 6.10 Å². The molecule has 0 bridgehead atoms. The van der Waals surface area contributed by atoms with Gasteiger partial charge in [-0.2, -0.15) is 13.2 Å². The molecule has 0 aliphatic heterocycles. The molecule has 2 N–H and O–H groups in total. The van der Waals surface area contributed by atoms with Gasteiger partial charge >= 0.3 is 12.1 Å². The molecule has 1 aromatic heterocycles. The summed E-state index contributed by atoms with van der Waals surface area (Å²) in [6, 6.07) is 0. The highest BCUT2D eigenvalue weighted by Crippen LogP contribution is 2.30. The molecule has 2 rings (SSSR count). The van der Waals surface area contributed by atoms with Crippen molar-refractivity contribution in [3.05, 3.63) is 16.1 Å². The lowest BCUT2D eigenvalue weighted by Crippen LogP contribution is -2.38. The number of alkyl halides is 3. The maximum Gasteiger partial charge on any atom is 0.434 e. The van der Waals surface area contributed by atoms with Gasteiger partial charge in [-0.05, 0) is 32.1 Å². The Morgan fingerprint density at radius 2 is 2.00 bits per heavy atom. The zero-order valence-corrected chi connectivity index (χ0v) is 18.8. The second-order valence-electron chi connectivity index (χ2n) is 6.30. The van der Waals surface area contributed by atoms with E-state index in [0.29, 0.717) is 43.3 Å². The van der Waals surface area contributed by atoms with Crippen LogP contribution in [0.1, 0.15) is 49.2 Å². The minimum atomic E-state index is -4.40. The Hall–Kier alpha value is -1.11. The predicted molar refractivity (Wildman–Crippen MR) is 113 cm³/mol. The van der Waals surface area contributed by atoms with E-state index in [1.165, 1.54) is 0 Å². The number of aromatic nitrogens is 1. The smallest absolute Gasteiger partial charge is 0.434 e. The van der Waals surface area contributed by atoms with E-state index in [4.69, 9.17) is 4.74 Å². The average Bonchev–Trinajstić information content (AvgIpc) is 3.28. The number of nitrogens with one attached hydrogen (secondary N) is 2. The number of esters is 1. The molecular formula is C17H26F3IN4O2S. The topological polar surface area (TPSA) is 75.6 Å². The second-order valence-corrected chi connectivity index (χ2v) is 7.24. The Morgan fingerprint density at radius 3 is 2.61 bits per heavy atom. The van der Waals surface area contributed by atoms with E-state index in [1.807, 2.05) is 0 Å². The predicted octanol–water partition coefficient (Wildman–Crippen LogP) is 3.75. The first kappa shape index (κ1) is 24.9. The number of hydrogen-bond donors (Lipinski definition) is 2.